The van der Waals surface area contributed by atoms with E-state index in [1.807, 2.05) is 24.3 Å². The number of rotatable bonds is 2. The standard InChI is InChI=1S/C10H12FNS.C6H4Cl2.C4H6/c1-12-5-4-8-6-10(13-11)3-2-9(8)7-12;7-5-2-1-3-6(8)4-5;1-3-4-2/h2-3,6H,4-5,7H2,1H3;1-4H;3-4H,1-2H2. The molecule has 0 aliphatic carbocycles. The maximum Gasteiger partial charge on any atom is 0.0812 e. The van der Waals surface area contributed by atoms with Gasteiger partial charge in [-0.15, -0.1) is 0 Å². The van der Waals surface area contributed by atoms with Crippen molar-refractivity contribution >= 4 is 35.3 Å². The molecule has 0 atom stereocenters. The van der Waals surface area contributed by atoms with E-state index in [0.29, 0.717) is 22.2 Å². The van der Waals surface area contributed by atoms with Crippen LogP contribution in [0.25, 0.3) is 0 Å². The predicted molar refractivity (Wildman–Crippen MR) is 110 cm³/mol. The second kappa shape index (κ2) is 12.2. The lowest BCUT2D eigenvalue weighted by molar-refractivity contribution is 0.312. The van der Waals surface area contributed by atoms with E-state index in [4.69, 9.17) is 23.2 Å². The summed E-state index contributed by atoms with van der Waals surface area (Å²) in [6.45, 7) is 8.79. The Morgan fingerprint density at radius 3 is 2.16 bits per heavy atom. The highest BCUT2D eigenvalue weighted by atomic mass is 35.5. The third-order valence-electron chi connectivity index (χ3n) is 3.42. The van der Waals surface area contributed by atoms with Gasteiger partial charge in [-0.3, -0.25) is 0 Å². The molecule has 1 aliphatic heterocycles. The third-order valence-corrected chi connectivity index (χ3v) is 4.33. The number of fused-ring (bicyclic) bond motifs is 1. The highest BCUT2D eigenvalue weighted by molar-refractivity contribution is 7.94. The fourth-order valence-electron chi connectivity index (χ4n) is 2.18. The monoisotopic (exact) mass is 397 g/mol. The zero-order valence-corrected chi connectivity index (χ0v) is 16.5. The van der Waals surface area contributed by atoms with Crippen molar-refractivity contribution in [3.8, 4) is 0 Å². The molecule has 0 radical (unpaired) electrons. The Labute approximate surface area is 164 Å². The fourth-order valence-corrected chi connectivity index (χ4v) is 2.92. The molecule has 5 heteroatoms. The first-order valence-corrected chi connectivity index (χ1v) is 9.21. The molecule has 25 heavy (non-hydrogen) atoms. The quantitative estimate of drug-likeness (QED) is 0.501. The maximum atomic E-state index is 12.3. The van der Waals surface area contributed by atoms with Crippen LogP contribution in [0.3, 0.4) is 0 Å². The Kier molecular flexibility index (Phi) is 10.6. The lowest BCUT2D eigenvalue weighted by atomic mass is 10.0. The van der Waals surface area contributed by atoms with Gasteiger partial charge in [0.2, 0.25) is 0 Å². The highest BCUT2D eigenvalue weighted by Crippen LogP contribution is 2.25. The van der Waals surface area contributed by atoms with E-state index >= 15 is 0 Å². The summed E-state index contributed by atoms with van der Waals surface area (Å²) in [4.78, 5) is 3.01. The third kappa shape index (κ3) is 8.59. The molecule has 0 saturated heterocycles. The van der Waals surface area contributed by atoms with Crippen molar-refractivity contribution in [1.29, 1.82) is 0 Å². The lowest BCUT2D eigenvalue weighted by Gasteiger charge is -2.24. The van der Waals surface area contributed by atoms with Gasteiger partial charge < -0.3 is 4.90 Å². The molecular formula is C20H22Cl2FNS. The van der Waals surface area contributed by atoms with Crippen molar-refractivity contribution in [3.63, 3.8) is 0 Å². The van der Waals surface area contributed by atoms with Gasteiger partial charge in [0, 0.05) is 28.0 Å². The number of benzene rings is 2. The molecular weight excluding hydrogens is 376 g/mol. The van der Waals surface area contributed by atoms with Crippen molar-refractivity contribution in [3.05, 3.63) is 88.9 Å². The summed E-state index contributed by atoms with van der Waals surface area (Å²) in [6.07, 6.45) is 4.32. The van der Waals surface area contributed by atoms with Crippen molar-refractivity contribution in [1.82, 2.24) is 4.90 Å². The SMILES string of the molecule is C=CC=C.CN1CCc2cc(SF)ccc2C1.Clc1cccc(Cl)c1. The molecule has 134 valence electrons. The van der Waals surface area contributed by atoms with Crippen LogP contribution in [0.1, 0.15) is 11.1 Å². The molecule has 0 unspecified atom stereocenters. The molecule has 0 fully saturated rings. The van der Waals surface area contributed by atoms with E-state index < -0.39 is 0 Å². The van der Waals surface area contributed by atoms with Gasteiger partial charge in [-0.05, 0) is 54.9 Å². The van der Waals surface area contributed by atoms with E-state index in [2.05, 4.69) is 25.1 Å². The van der Waals surface area contributed by atoms with Crippen LogP contribution >= 0.6 is 35.3 Å². The van der Waals surface area contributed by atoms with E-state index in [1.54, 1.807) is 30.4 Å². The van der Waals surface area contributed by atoms with Crippen LogP contribution in [-0.4, -0.2) is 18.5 Å². The first kappa shape index (κ1) is 21.8. The van der Waals surface area contributed by atoms with Crippen molar-refractivity contribution in [2.24, 2.45) is 0 Å². The van der Waals surface area contributed by atoms with Gasteiger partial charge in [0.25, 0.3) is 0 Å². The number of hydrogen-bond acceptors (Lipinski definition) is 2. The van der Waals surface area contributed by atoms with E-state index in [-0.39, 0.29) is 0 Å². The average Bonchev–Trinajstić information content (AvgIpc) is 2.62. The topological polar surface area (TPSA) is 3.24 Å². The summed E-state index contributed by atoms with van der Waals surface area (Å²) in [5.74, 6) is 0. The molecule has 1 aliphatic rings. The number of halogens is 3. The van der Waals surface area contributed by atoms with Crippen molar-refractivity contribution in [2.45, 2.75) is 17.9 Å². The normalized spacial score (nSPS) is 12.6. The summed E-state index contributed by atoms with van der Waals surface area (Å²) in [7, 11) is 2.11. The minimum absolute atomic E-state index is 0.329. The van der Waals surface area contributed by atoms with Crippen LogP contribution in [0.4, 0.5) is 3.89 Å². The van der Waals surface area contributed by atoms with Gasteiger partial charge in [0.1, 0.15) is 0 Å². The second-order valence-electron chi connectivity index (χ2n) is 5.41. The molecule has 0 amide bonds. The van der Waals surface area contributed by atoms with Gasteiger partial charge in [-0.1, -0.05) is 60.6 Å². The first-order chi connectivity index (χ1) is 12.0. The van der Waals surface area contributed by atoms with Gasteiger partial charge >= 0.3 is 0 Å². The minimum Gasteiger partial charge on any atom is -0.302 e. The van der Waals surface area contributed by atoms with E-state index in [1.165, 1.54) is 11.1 Å². The fraction of sp³-hybridized carbons (Fsp3) is 0.200. The Morgan fingerprint density at radius 2 is 1.68 bits per heavy atom. The van der Waals surface area contributed by atoms with E-state index in [9.17, 15) is 3.89 Å². The second-order valence-corrected chi connectivity index (χ2v) is 6.91. The largest absolute Gasteiger partial charge is 0.302 e. The molecule has 0 spiro atoms. The Bertz CT molecular complexity index is 668. The summed E-state index contributed by atoms with van der Waals surface area (Å²) in [5.41, 5.74) is 2.65. The summed E-state index contributed by atoms with van der Waals surface area (Å²) >= 11 is 11.4. The molecule has 0 bridgehead atoms. The van der Waals surface area contributed by atoms with Crippen LogP contribution < -0.4 is 0 Å². The Morgan fingerprint density at radius 1 is 1.04 bits per heavy atom. The Hall–Kier alpha value is -1.26. The van der Waals surface area contributed by atoms with Crippen LogP contribution in [0, 0.1) is 0 Å². The smallest absolute Gasteiger partial charge is 0.0812 e. The molecule has 2 aromatic rings. The number of likely N-dealkylation sites (N-methyl/N-ethyl adjacent to an activating group) is 1. The zero-order valence-electron chi connectivity index (χ0n) is 14.2. The van der Waals surface area contributed by atoms with Crippen LogP contribution in [0.5, 0.6) is 0 Å². The van der Waals surface area contributed by atoms with Crippen molar-refractivity contribution in [2.75, 3.05) is 13.6 Å². The first-order valence-electron chi connectivity index (χ1n) is 7.73. The van der Waals surface area contributed by atoms with Gasteiger partial charge in [-0.2, -0.15) is 3.89 Å². The molecule has 2 aromatic carbocycles. The molecule has 0 saturated carbocycles. The van der Waals surface area contributed by atoms with Crippen LogP contribution in [0.2, 0.25) is 10.0 Å². The van der Waals surface area contributed by atoms with Gasteiger partial charge in [0.05, 0.1) is 12.1 Å². The molecule has 1 nitrogen and oxygen atoms in total. The van der Waals surface area contributed by atoms with Gasteiger partial charge in [0.15, 0.2) is 0 Å². The van der Waals surface area contributed by atoms with Crippen LogP contribution in [0.15, 0.2) is 72.7 Å². The minimum atomic E-state index is 0.329. The predicted octanol–water partition coefficient (Wildman–Crippen LogP) is 7.00. The lowest BCUT2D eigenvalue weighted by Crippen LogP contribution is -2.26. The average molecular weight is 398 g/mol. The summed E-state index contributed by atoms with van der Waals surface area (Å²) in [5, 5.41) is 1.36. The molecule has 1 heterocycles. The zero-order chi connectivity index (χ0) is 18.7. The molecule has 3 rings (SSSR count). The molecule has 0 aromatic heterocycles. The number of allylic oxidation sites excluding steroid dienone is 2. The summed E-state index contributed by atoms with van der Waals surface area (Å²) < 4.78 is 12.3. The highest BCUT2D eigenvalue weighted by Gasteiger charge is 2.13. The maximum absolute atomic E-state index is 12.3. The van der Waals surface area contributed by atoms with Crippen LogP contribution in [-0.2, 0) is 13.0 Å². The van der Waals surface area contributed by atoms with E-state index in [0.717, 1.165) is 24.4 Å². The summed E-state index contributed by atoms with van der Waals surface area (Å²) in [6, 6.07) is 12.9. The Balaban J connectivity index is 0.000000223. The number of nitrogens with zero attached hydrogens (tertiary/aromatic N) is 1. The van der Waals surface area contributed by atoms with Gasteiger partial charge in [-0.25, -0.2) is 0 Å². The molecule has 0 N–H and O–H groups in total. The number of hydrogen-bond donors (Lipinski definition) is 0. The van der Waals surface area contributed by atoms with Crippen molar-refractivity contribution < 1.29 is 3.89 Å².